The minimum Gasteiger partial charge on any atom is -0.341 e. The number of likely N-dealkylation sites (tertiary alicyclic amines) is 1. The van der Waals surface area contributed by atoms with Crippen LogP contribution in [-0.4, -0.2) is 29.9 Å². The maximum absolute atomic E-state index is 13.1. The monoisotopic (exact) mass is 388 g/mol. The normalized spacial score (nSPS) is 14.6. The molecular formula is C26H32N2O. The van der Waals surface area contributed by atoms with Gasteiger partial charge in [-0.05, 0) is 54.4 Å². The number of carbonyl (C=O) groups is 1. The fourth-order valence-corrected chi connectivity index (χ4v) is 3.82. The minimum absolute atomic E-state index is 0.203. The van der Waals surface area contributed by atoms with Crippen LogP contribution in [0.4, 0.5) is 0 Å². The van der Waals surface area contributed by atoms with Gasteiger partial charge < -0.3 is 10.2 Å². The lowest BCUT2D eigenvalue weighted by Crippen LogP contribution is -2.46. The standard InChI is InChI=1S/C26H32N2O/c1-3-7-21-9-13-23(14-10-21)19-25(26(29)28-17-5-6-18-28)27-20-24-15-11-22(8-4-2)12-16-24/h3-4,9-16,25,27H,1-2,5-8,17-20H2/t25-/m0/s1. The molecule has 0 unspecified atom stereocenters. The van der Waals surface area contributed by atoms with Gasteiger partial charge in [0.2, 0.25) is 5.91 Å². The second-order valence-electron chi connectivity index (χ2n) is 7.79. The quantitative estimate of drug-likeness (QED) is 0.609. The minimum atomic E-state index is -0.203. The number of amides is 1. The van der Waals surface area contributed by atoms with Gasteiger partial charge in [0.05, 0.1) is 6.04 Å². The van der Waals surface area contributed by atoms with Gasteiger partial charge in [0, 0.05) is 19.6 Å². The van der Waals surface area contributed by atoms with E-state index in [1.165, 1.54) is 22.3 Å². The average Bonchev–Trinajstić information content (AvgIpc) is 3.28. The van der Waals surface area contributed by atoms with Crippen LogP contribution in [0.25, 0.3) is 0 Å². The van der Waals surface area contributed by atoms with E-state index in [1.54, 1.807) is 0 Å². The van der Waals surface area contributed by atoms with Gasteiger partial charge in [-0.25, -0.2) is 0 Å². The third-order valence-electron chi connectivity index (χ3n) is 5.51. The molecule has 29 heavy (non-hydrogen) atoms. The highest BCUT2D eigenvalue weighted by Gasteiger charge is 2.26. The van der Waals surface area contributed by atoms with Crippen molar-refractivity contribution >= 4 is 5.91 Å². The van der Waals surface area contributed by atoms with Crippen LogP contribution in [0.5, 0.6) is 0 Å². The Morgan fingerprint density at radius 1 is 0.862 bits per heavy atom. The molecule has 1 aliphatic rings. The average molecular weight is 389 g/mol. The molecule has 3 heteroatoms. The van der Waals surface area contributed by atoms with E-state index in [9.17, 15) is 4.79 Å². The summed E-state index contributed by atoms with van der Waals surface area (Å²) in [5, 5.41) is 3.52. The number of benzene rings is 2. The maximum atomic E-state index is 13.1. The molecule has 0 bridgehead atoms. The highest BCUT2D eigenvalue weighted by Crippen LogP contribution is 2.14. The van der Waals surface area contributed by atoms with Gasteiger partial charge in [0.1, 0.15) is 0 Å². The van der Waals surface area contributed by atoms with Gasteiger partial charge in [-0.3, -0.25) is 4.79 Å². The van der Waals surface area contributed by atoms with Gasteiger partial charge >= 0.3 is 0 Å². The smallest absolute Gasteiger partial charge is 0.240 e. The molecule has 3 nitrogen and oxygen atoms in total. The van der Waals surface area contributed by atoms with E-state index < -0.39 is 0 Å². The summed E-state index contributed by atoms with van der Waals surface area (Å²) in [6.07, 6.45) is 8.51. The van der Waals surface area contributed by atoms with Crippen LogP contribution in [-0.2, 0) is 30.6 Å². The maximum Gasteiger partial charge on any atom is 0.240 e. The van der Waals surface area contributed by atoms with E-state index in [-0.39, 0.29) is 11.9 Å². The molecule has 1 fully saturated rings. The molecule has 0 spiro atoms. The third-order valence-corrected chi connectivity index (χ3v) is 5.51. The number of hydrogen-bond donors (Lipinski definition) is 1. The molecule has 2 aromatic carbocycles. The summed E-state index contributed by atoms with van der Waals surface area (Å²) in [6.45, 7) is 10.0. The highest BCUT2D eigenvalue weighted by atomic mass is 16.2. The van der Waals surface area contributed by atoms with E-state index in [0.29, 0.717) is 13.0 Å². The zero-order valence-corrected chi connectivity index (χ0v) is 17.3. The van der Waals surface area contributed by atoms with E-state index in [4.69, 9.17) is 0 Å². The summed E-state index contributed by atoms with van der Waals surface area (Å²) >= 11 is 0. The van der Waals surface area contributed by atoms with Gasteiger partial charge in [-0.2, -0.15) is 0 Å². The highest BCUT2D eigenvalue weighted by molar-refractivity contribution is 5.82. The van der Waals surface area contributed by atoms with Crippen molar-refractivity contribution in [3.8, 4) is 0 Å². The molecule has 1 aliphatic heterocycles. The SMILES string of the molecule is C=CCc1ccc(CN[C@@H](Cc2ccc(CC=C)cc2)C(=O)N2CCCC2)cc1. The van der Waals surface area contributed by atoms with Crippen LogP contribution in [0.1, 0.15) is 35.1 Å². The fraction of sp³-hybridized carbons (Fsp3) is 0.346. The first-order valence-corrected chi connectivity index (χ1v) is 10.6. The van der Waals surface area contributed by atoms with Crippen LogP contribution in [0.3, 0.4) is 0 Å². The molecular weight excluding hydrogens is 356 g/mol. The molecule has 0 aliphatic carbocycles. The summed E-state index contributed by atoms with van der Waals surface area (Å²) in [5.74, 6) is 0.223. The number of nitrogens with one attached hydrogen (secondary N) is 1. The Hall–Kier alpha value is -2.65. The molecule has 152 valence electrons. The molecule has 1 heterocycles. The molecule has 0 saturated carbocycles. The zero-order chi connectivity index (χ0) is 20.5. The Kier molecular flexibility index (Phi) is 7.83. The lowest BCUT2D eigenvalue weighted by atomic mass is 10.0. The number of nitrogens with zero attached hydrogens (tertiary/aromatic N) is 1. The van der Waals surface area contributed by atoms with Gasteiger partial charge in [-0.15, -0.1) is 13.2 Å². The second-order valence-corrected chi connectivity index (χ2v) is 7.79. The van der Waals surface area contributed by atoms with E-state index in [1.807, 2.05) is 17.1 Å². The molecule has 3 rings (SSSR count). The summed E-state index contributed by atoms with van der Waals surface area (Å²) in [4.78, 5) is 15.1. The molecule has 0 aromatic heterocycles. The Balaban J connectivity index is 1.67. The van der Waals surface area contributed by atoms with Crippen molar-refractivity contribution in [3.63, 3.8) is 0 Å². The molecule has 1 amide bonds. The van der Waals surface area contributed by atoms with Gasteiger partial charge in [0.15, 0.2) is 0 Å². The van der Waals surface area contributed by atoms with Crippen LogP contribution < -0.4 is 5.32 Å². The van der Waals surface area contributed by atoms with Crippen LogP contribution in [0.15, 0.2) is 73.8 Å². The van der Waals surface area contributed by atoms with Crippen molar-refractivity contribution in [2.75, 3.05) is 13.1 Å². The lowest BCUT2D eigenvalue weighted by molar-refractivity contribution is -0.132. The molecule has 0 radical (unpaired) electrons. The zero-order valence-electron chi connectivity index (χ0n) is 17.3. The number of allylic oxidation sites excluding steroid dienone is 2. The molecule has 1 atom stereocenters. The van der Waals surface area contributed by atoms with E-state index in [2.05, 4.69) is 67.0 Å². The van der Waals surface area contributed by atoms with Crippen molar-refractivity contribution in [1.29, 1.82) is 0 Å². The Morgan fingerprint density at radius 2 is 1.34 bits per heavy atom. The topological polar surface area (TPSA) is 32.3 Å². The van der Waals surface area contributed by atoms with Crippen molar-refractivity contribution in [2.24, 2.45) is 0 Å². The Labute approximate surface area is 175 Å². The van der Waals surface area contributed by atoms with Crippen LogP contribution >= 0.6 is 0 Å². The number of rotatable bonds is 10. The first kappa shape index (κ1) is 21.1. The van der Waals surface area contributed by atoms with Gasteiger partial charge in [0.25, 0.3) is 0 Å². The Morgan fingerprint density at radius 3 is 1.86 bits per heavy atom. The first-order chi connectivity index (χ1) is 14.2. The Bertz CT molecular complexity index is 802. The molecule has 1 saturated heterocycles. The predicted octanol–water partition coefficient (Wildman–Crippen LogP) is 4.47. The van der Waals surface area contributed by atoms with Crippen LogP contribution in [0.2, 0.25) is 0 Å². The lowest BCUT2D eigenvalue weighted by Gasteiger charge is -2.24. The fourth-order valence-electron chi connectivity index (χ4n) is 3.82. The summed E-state index contributed by atoms with van der Waals surface area (Å²) in [7, 11) is 0. The van der Waals surface area contributed by atoms with E-state index in [0.717, 1.165) is 38.8 Å². The summed E-state index contributed by atoms with van der Waals surface area (Å²) < 4.78 is 0. The van der Waals surface area contributed by atoms with Gasteiger partial charge in [-0.1, -0.05) is 60.7 Å². The second kappa shape index (κ2) is 10.8. The van der Waals surface area contributed by atoms with Crippen molar-refractivity contribution in [3.05, 3.63) is 96.1 Å². The van der Waals surface area contributed by atoms with Crippen molar-refractivity contribution < 1.29 is 4.79 Å². The predicted molar refractivity (Wildman–Crippen MR) is 121 cm³/mol. The van der Waals surface area contributed by atoms with Crippen molar-refractivity contribution in [2.45, 2.75) is 44.7 Å². The number of carbonyl (C=O) groups excluding carboxylic acids is 1. The molecule has 2 aromatic rings. The first-order valence-electron chi connectivity index (χ1n) is 10.6. The summed E-state index contributed by atoms with van der Waals surface area (Å²) in [5.41, 5.74) is 4.88. The largest absolute Gasteiger partial charge is 0.341 e. The molecule has 1 N–H and O–H groups in total. The summed E-state index contributed by atoms with van der Waals surface area (Å²) in [6, 6.07) is 16.9. The third kappa shape index (κ3) is 6.16. The number of hydrogen-bond acceptors (Lipinski definition) is 2. The van der Waals surface area contributed by atoms with Crippen LogP contribution in [0, 0.1) is 0 Å². The van der Waals surface area contributed by atoms with Crippen molar-refractivity contribution in [1.82, 2.24) is 10.2 Å². The van der Waals surface area contributed by atoms with E-state index >= 15 is 0 Å².